The number of alkyl carbamates (subject to hydrolysis) is 1. The second-order valence-corrected chi connectivity index (χ2v) is 6.29. The van der Waals surface area contributed by atoms with Crippen LogP contribution in [0.25, 0.3) is 0 Å². The number of carbonyl (C=O) groups excluding carboxylic acids is 2. The summed E-state index contributed by atoms with van der Waals surface area (Å²) in [5.74, 6) is -0.269. The number of nitrogens with one attached hydrogen (secondary N) is 1. The number of hydrogen-bond donors (Lipinski definition) is 1. The molecule has 0 radical (unpaired) electrons. The van der Waals surface area contributed by atoms with Crippen LogP contribution in [0.1, 0.15) is 33.3 Å². The van der Waals surface area contributed by atoms with Gasteiger partial charge >= 0.3 is 6.09 Å². The van der Waals surface area contributed by atoms with Crippen molar-refractivity contribution in [3.8, 4) is 0 Å². The van der Waals surface area contributed by atoms with E-state index in [1.54, 1.807) is 20.8 Å². The molecule has 22 heavy (non-hydrogen) atoms. The van der Waals surface area contributed by atoms with Gasteiger partial charge in [0.1, 0.15) is 18.2 Å². The van der Waals surface area contributed by atoms with Crippen molar-refractivity contribution in [1.82, 2.24) is 10.4 Å². The first-order valence-electron chi connectivity index (χ1n) is 7.27. The van der Waals surface area contributed by atoms with Gasteiger partial charge in [0.25, 0.3) is 5.91 Å². The number of nitrogens with zero attached hydrogens (tertiary/aromatic N) is 1. The fourth-order valence-corrected chi connectivity index (χ4v) is 2.11. The van der Waals surface area contributed by atoms with Gasteiger partial charge in [0.05, 0.1) is 6.04 Å². The molecule has 2 atom stereocenters. The molecule has 1 saturated heterocycles. The minimum Gasteiger partial charge on any atom is -0.444 e. The van der Waals surface area contributed by atoms with Gasteiger partial charge in [-0.05, 0) is 33.3 Å². The number of β-lactam (4-membered cyclic amide) rings is 1. The first kappa shape index (κ1) is 16.3. The van der Waals surface area contributed by atoms with Crippen LogP contribution in [-0.2, 0) is 21.0 Å². The van der Waals surface area contributed by atoms with E-state index in [0.29, 0.717) is 6.61 Å². The van der Waals surface area contributed by atoms with Crippen molar-refractivity contribution in [2.24, 2.45) is 0 Å². The van der Waals surface area contributed by atoms with Gasteiger partial charge < -0.3 is 10.1 Å². The first-order chi connectivity index (χ1) is 10.3. The number of hydroxylamine groups is 2. The average Bonchev–Trinajstić information content (AvgIpc) is 2.44. The van der Waals surface area contributed by atoms with Crippen molar-refractivity contribution < 1.29 is 19.2 Å². The summed E-state index contributed by atoms with van der Waals surface area (Å²) in [5, 5.41) is 3.85. The van der Waals surface area contributed by atoms with Crippen LogP contribution in [0.3, 0.4) is 0 Å². The summed E-state index contributed by atoms with van der Waals surface area (Å²) in [7, 11) is 0. The summed E-state index contributed by atoms with van der Waals surface area (Å²) in [6, 6.07) is 8.74. The lowest BCUT2D eigenvalue weighted by atomic mass is 10.0. The minimum absolute atomic E-state index is 0.233. The Kier molecular flexibility index (Phi) is 4.71. The topological polar surface area (TPSA) is 67.9 Å². The van der Waals surface area contributed by atoms with Crippen molar-refractivity contribution >= 4 is 12.0 Å². The SMILES string of the molecule is CC1[C@H](NC(=O)OC(C)(C)C)C(=O)N1OCc1ccccc1. The molecule has 120 valence electrons. The molecular formula is C16H22N2O4. The Hall–Kier alpha value is -2.08. The fourth-order valence-electron chi connectivity index (χ4n) is 2.11. The highest BCUT2D eigenvalue weighted by Crippen LogP contribution is 2.22. The molecule has 0 saturated carbocycles. The van der Waals surface area contributed by atoms with Crippen LogP contribution < -0.4 is 5.32 Å². The van der Waals surface area contributed by atoms with Crippen LogP contribution >= 0.6 is 0 Å². The zero-order valence-corrected chi connectivity index (χ0v) is 13.3. The largest absolute Gasteiger partial charge is 0.444 e. The molecular weight excluding hydrogens is 284 g/mol. The highest BCUT2D eigenvalue weighted by Gasteiger charge is 2.47. The van der Waals surface area contributed by atoms with Crippen molar-refractivity contribution in [3.05, 3.63) is 35.9 Å². The van der Waals surface area contributed by atoms with Crippen LogP contribution in [0.15, 0.2) is 30.3 Å². The van der Waals surface area contributed by atoms with Gasteiger partial charge in [-0.3, -0.25) is 9.63 Å². The number of carbonyl (C=O) groups is 2. The Bertz CT molecular complexity index is 539. The lowest BCUT2D eigenvalue weighted by Crippen LogP contribution is -2.69. The summed E-state index contributed by atoms with van der Waals surface area (Å²) in [5.41, 5.74) is 0.384. The van der Waals surface area contributed by atoms with E-state index in [4.69, 9.17) is 9.57 Å². The van der Waals surface area contributed by atoms with E-state index in [0.717, 1.165) is 5.56 Å². The number of rotatable bonds is 4. The quantitative estimate of drug-likeness (QED) is 0.866. The predicted octanol–water partition coefficient (Wildman–Crippen LogP) is 2.24. The lowest BCUT2D eigenvalue weighted by molar-refractivity contribution is -0.237. The van der Waals surface area contributed by atoms with E-state index in [2.05, 4.69) is 5.32 Å². The lowest BCUT2D eigenvalue weighted by Gasteiger charge is -2.43. The van der Waals surface area contributed by atoms with E-state index in [1.165, 1.54) is 5.06 Å². The Balaban J connectivity index is 1.82. The molecule has 6 nitrogen and oxygen atoms in total. The smallest absolute Gasteiger partial charge is 0.408 e. The molecule has 0 aromatic heterocycles. The van der Waals surface area contributed by atoms with E-state index < -0.39 is 17.7 Å². The van der Waals surface area contributed by atoms with Crippen LogP contribution in [0.5, 0.6) is 0 Å². The number of hydrogen-bond acceptors (Lipinski definition) is 4. The molecule has 1 fully saturated rings. The Morgan fingerprint density at radius 3 is 2.45 bits per heavy atom. The van der Waals surface area contributed by atoms with Crippen LogP contribution in [0, 0.1) is 0 Å². The second kappa shape index (κ2) is 6.36. The van der Waals surface area contributed by atoms with Gasteiger partial charge in [-0.15, -0.1) is 0 Å². The fraction of sp³-hybridized carbons (Fsp3) is 0.500. The molecule has 0 spiro atoms. The van der Waals surface area contributed by atoms with Gasteiger partial charge in [0.15, 0.2) is 0 Å². The molecule has 6 heteroatoms. The minimum atomic E-state index is -0.606. The van der Waals surface area contributed by atoms with Gasteiger partial charge in [0.2, 0.25) is 0 Å². The molecule has 0 aliphatic carbocycles. The van der Waals surface area contributed by atoms with E-state index in [-0.39, 0.29) is 11.9 Å². The van der Waals surface area contributed by atoms with Gasteiger partial charge in [-0.25, -0.2) is 9.86 Å². The van der Waals surface area contributed by atoms with E-state index in [9.17, 15) is 9.59 Å². The maximum atomic E-state index is 12.0. The van der Waals surface area contributed by atoms with Gasteiger partial charge in [-0.2, -0.15) is 0 Å². The molecule has 0 bridgehead atoms. The standard InChI is InChI=1S/C16H22N2O4/c1-11-13(17-15(20)22-16(2,3)4)14(19)18(11)21-10-12-8-6-5-7-9-12/h5-9,11,13H,10H2,1-4H3,(H,17,20)/t11?,13-/m0/s1. The maximum absolute atomic E-state index is 12.0. The molecule has 2 rings (SSSR count). The average molecular weight is 306 g/mol. The molecule has 1 aromatic carbocycles. The van der Waals surface area contributed by atoms with Crippen LogP contribution in [0.4, 0.5) is 4.79 Å². The molecule has 1 heterocycles. The Morgan fingerprint density at radius 1 is 1.27 bits per heavy atom. The summed E-state index contributed by atoms with van der Waals surface area (Å²) in [4.78, 5) is 29.2. The first-order valence-corrected chi connectivity index (χ1v) is 7.27. The summed E-state index contributed by atoms with van der Waals surface area (Å²) in [6.45, 7) is 7.44. The second-order valence-electron chi connectivity index (χ2n) is 6.29. The molecule has 1 N–H and O–H groups in total. The third-order valence-corrected chi connectivity index (χ3v) is 3.22. The van der Waals surface area contributed by atoms with Gasteiger partial charge in [-0.1, -0.05) is 30.3 Å². The third-order valence-electron chi connectivity index (χ3n) is 3.22. The summed E-state index contributed by atoms with van der Waals surface area (Å²) in [6.07, 6.45) is -0.597. The van der Waals surface area contributed by atoms with Gasteiger partial charge in [0, 0.05) is 0 Å². The molecule has 2 amide bonds. The molecule has 1 unspecified atom stereocenters. The maximum Gasteiger partial charge on any atom is 0.408 e. The molecule has 1 aromatic rings. The van der Waals surface area contributed by atoms with Crippen molar-refractivity contribution in [3.63, 3.8) is 0 Å². The van der Waals surface area contributed by atoms with Crippen molar-refractivity contribution in [2.75, 3.05) is 0 Å². The molecule has 1 aliphatic rings. The van der Waals surface area contributed by atoms with Crippen molar-refractivity contribution in [2.45, 2.75) is 52.0 Å². The van der Waals surface area contributed by atoms with E-state index >= 15 is 0 Å². The summed E-state index contributed by atoms with van der Waals surface area (Å²) >= 11 is 0. The van der Waals surface area contributed by atoms with Crippen molar-refractivity contribution in [1.29, 1.82) is 0 Å². The Morgan fingerprint density at radius 2 is 1.91 bits per heavy atom. The molecule has 1 aliphatic heterocycles. The van der Waals surface area contributed by atoms with Crippen LogP contribution in [-0.4, -0.2) is 34.7 Å². The third kappa shape index (κ3) is 3.98. The monoisotopic (exact) mass is 306 g/mol. The number of ether oxygens (including phenoxy) is 1. The van der Waals surface area contributed by atoms with E-state index in [1.807, 2.05) is 37.3 Å². The summed E-state index contributed by atoms with van der Waals surface area (Å²) < 4.78 is 5.14. The predicted molar refractivity (Wildman–Crippen MR) is 80.7 cm³/mol. The number of benzene rings is 1. The highest BCUT2D eigenvalue weighted by atomic mass is 16.7. The Labute approximate surface area is 130 Å². The van der Waals surface area contributed by atoms with Crippen LogP contribution in [0.2, 0.25) is 0 Å². The number of amides is 2. The normalized spacial score (nSPS) is 21.3. The highest BCUT2D eigenvalue weighted by molar-refractivity contribution is 5.91. The zero-order valence-electron chi connectivity index (χ0n) is 13.3. The zero-order chi connectivity index (χ0) is 16.3.